The van der Waals surface area contributed by atoms with Gasteiger partial charge < -0.3 is 8.61 Å². The van der Waals surface area contributed by atoms with Gasteiger partial charge in [-0.15, -0.1) is 0 Å². The van der Waals surface area contributed by atoms with Gasteiger partial charge in [0.25, 0.3) is 0 Å². The maximum Gasteiger partial charge on any atom is 0.339 e. The Kier molecular flexibility index (Phi) is 6.00. The molecule has 0 aliphatic carbocycles. The molecule has 0 fully saturated rings. The molecule has 0 bridgehead atoms. The Hall–Kier alpha value is -1.63. The van der Waals surface area contributed by atoms with Crippen LogP contribution in [0.3, 0.4) is 0 Å². The van der Waals surface area contributed by atoms with Crippen LogP contribution in [0, 0.1) is 6.92 Å². The molecule has 2 aromatic rings. The van der Waals surface area contributed by atoms with Crippen molar-refractivity contribution in [3.8, 4) is 5.75 Å². The first-order valence-corrected chi connectivity index (χ1v) is 13.6. The highest BCUT2D eigenvalue weighted by atomic mass is 32.2. The minimum absolute atomic E-state index is 0.146. The van der Waals surface area contributed by atoms with Gasteiger partial charge in [0.2, 0.25) is 0 Å². The molecule has 4 nitrogen and oxygen atoms in total. The zero-order chi connectivity index (χ0) is 19.6. The lowest BCUT2D eigenvalue weighted by molar-refractivity contribution is 0.0740. The van der Waals surface area contributed by atoms with Gasteiger partial charge in [0, 0.05) is 0 Å². The molecule has 0 N–H and O–H groups in total. The summed E-state index contributed by atoms with van der Waals surface area (Å²) >= 11 is 0. The molecule has 0 aliphatic rings. The van der Waals surface area contributed by atoms with Gasteiger partial charge in [0.05, 0.1) is 5.60 Å². The van der Waals surface area contributed by atoms with E-state index in [1.807, 2.05) is 19.1 Å². The van der Waals surface area contributed by atoms with Gasteiger partial charge in [-0.05, 0) is 69.7 Å². The van der Waals surface area contributed by atoms with Crippen molar-refractivity contribution in [2.75, 3.05) is 0 Å². The molecule has 142 valence electrons. The largest absolute Gasteiger partial charge is 0.408 e. The SMILES string of the molecule is CCC(C)(O[Si](C)(C)C)c1ccc(OS(=O)(=O)c2ccc(C)cc2)cc1. The van der Waals surface area contributed by atoms with E-state index in [9.17, 15) is 8.42 Å². The van der Waals surface area contributed by atoms with Crippen molar-refractivity contribution in [3.63, 3.8) is 0 Å². The van der Waals surface area contributed by atoms with Crippen LogP contribution in [0.15, 0.2) is 53.4 Å². The summed E-state index contributed by atoms with van der Waals surface area (Å²) in [5.41, 5.74) is 1.62. The van der Waals surface area contributed by atoms with Crippen LogP contribution in [0.25, 0.3) is 0 Å². The molecule has 26 heavy (non-hydrogen) atoms. The average Bonchev–Trinajstić information content (AvgIpc) is 2.54. The zero-order valence-electron chi connectivity index (χ0n) is 16.4. The molecule has 0 aromatic heterocycles. The van der Waals surface area contributed by atoms with E-state index in [1.165, 1.54) is 0 Å². The Bertz CT molecular complexity index is 837. The number of hydrogen-bond donors (Lipinski definition) is 0. The third-order valence-corrected chi connectivity index (χ3v) is 6.51. The second-order valence-electron chi connectivity index (χ2n) is 7.67. The number of benzene rings is 2. The maximum absolute atomic E-state index is 12.4. The van der Waals surface area contributed by atoms with Gasteiger partial charge in [-0.2, -0.15) is 8.42 Å². The fourth-order valence-corrected chi connectivity index (χ4v) is 5.30. The normalized spacial score (nSPS) is 14.7. The van der Waals surface area contributed by atoms with Crippen molar-refractivity contribution in [1.82, 2.24) is 0 Å². The third kappa shape index (κ3) is 5.19. The van der Waals surface area contributed by atoms with Crippen LogP contribution in [-0.4, -0.2) is 16.7 Å². The van der Waals surface area contributed by atoms with Crippen LogP contribution in [-0.2, 0) is 20.1 Å². The predicted molar refractivity (Wildman–Crippen MR) is 108 cm³/mol. The molecular formula is C20H28O4SSi. The Morgan fingerprint density at radius 1 is 0.962 bits per heavy atom. The molecule has 0 saturated carbocycles. The summed E-state index contributed by atoms with van der Waals surface area (Å²) in [5.74, 6) is 0.292. The van der Waals surface area contributed by atoms with Gasteiger partial charge in [-0.1, -0.05) is 36.8 Å². The van der Waals surface area contributed by atoms with Gasteiger partial charge in [-0.3, -0.25) is 0 Å². The summed E-state index contributed by atoms with van der Waals surface area (Å²) in [6, 6.07) is 13.7. The summed E-state index contributed by atoms with van der Waals surface area (Å²) in [5, 5.41) is 0. The van der Waals surface area contributed by atoms with Gasteiger partial charge in [-0.25, -0.2) is 0 Å². The molecular weight excluding hydrogens is 364 g/mol. The second-order valence-corrected chi connectivity index (χ2v) is 13.6. The Labute approximate surface area is 158 Å². The molecule has 1 unspecified atom stereocenters. The summed E-state index contributed by atoms with van der Waals surface area (Å²) in [7, 11) is -5.56. The first kappa shape index (κ1) is 20.7. The topological polar surface area (TPSA) is 52.6 Å². The maximum atomic E-state index is 12.4. The minimum atomic E-state index is -3.84. The highest BCUT2D eigenvalue weighted by Crippen LogP contribution is 2.33. The third-order valence-electron chi connectivity index (χ3n) is 4.19. The molecule has 2 rings (SSSR count). The highest BCUT2D eigenvalue weighted by Gasteiger charge is 2.31. The quantitative estimate of drug-likeness (QED) is 0.478. The van der Waals surface area contributed by atoms with E-state index in [0.29, 0.717) is 5.75 Å². The van der Waals surface area contributed by atoms with Crippen molar-refractivity contribution >= 4 is 18.4 Å². The van der Waals surface area contributed by atoms with Crippen LogP contribution in [0.5, 0.6) is 5.75 Å². The van der Waals surface area contributed by atoms with Gasteiger partial charge >= 0.3 is 10.1 Å². The van der Waals surface area contributed by atoms with Crippen molar-refractivity contribution in [1.29, 1.82) is 0 Å². The van der Waals surface area contributed by atoms with Gasteiger partial charge in [0.1, 0.15) is 10.6 Å². The standard InChI is InChI=1S/C20H28O4SSi/c1-7-20(3,24-26(4,5)6)17-10-12-18(13-11-17)23-25(21,22)19-14-8-16(2)9-15-19/h8-15H,7H2,1-6H3. The summed E-state index contributed by atoms with van der Waals surface area (Å²) < 4.78 is 36.4. The lowest BCUT2D eigenvalue weighted by atomic mass is 9.93. The molecule has 1 atom stereocenters. The zero-order valence-corrected chi connectivity index (χ0v) is 18.2. The molecule has 0 spiro atoms. The molecule has 0 aliphatic heterocycles. The second kappa shape index (κ2) is 7.54. The molecule has 0 heterocycles. The molecule has 6 heteroatoms. The number of aryl methyl sites for hydroxylation is 1. The Morgan fingerprint density at radius 3 is 1.96 bits per heavy atom. The summed E-state index contributed by atoms with van der Waals surface area (Å²) in [6.45, 7) is 12.5. The summed E-state index contributed by atoms with van der Waals surface area (Å²) in [4.78, 5) is 0.146. The van der Waals surface area contributed by atoms with E-state index >= 15 is 0 Å². The van der Waals surface area contributed by atoms with Crippen LogP contribution in [0.4, 0.5) is 0 Å². The molecule has 0 radical (unpaired) electrons. The van der Waals surface area contributed by atoms with E-state index in [2.05, 4.69) is 33.5 Å². The Morgan fingerprint density at radius 2 is 1.50 bits per heavy atom. The van der Waals surface area contributed by atoms with E-state index in [-0.39, 0.29) is 4.90 Å². The number of hydrogen-bond acceptors (Lipinski definition) is 4. The first-order valence-electron chi connectivity index (χ1n) is 8.77. The molecule has 0 saturated heterocycles. The van der Waals surface area contributed by atoms with Crippen molar-refractivity contribution < 1.29 is 17.0 Å². The van der Waals surface area contributed by atoms with Crippen molar-refractivity contribution in [2.24, 2.45) is 0 Å². The predicted octanol–water partition coefficient (Wildman–Crippen LogP) is 5.24. The fourth-order valence-electron chi connectivity index (χ4n) is 2.75. The van der Waals surface area contributed by atoms with Crippen molar-refractivity contribution in [2.45, 2.75) is 57.3 Å². The van der Waals surface area contributed by atoms with E-state index in [4.69, 9.17) is 8.61 Å². The lowest BCUT2D eigenvalue weighted by Crippen LogP contribution is -2.38. The number of rotatable bonds is 7. The molecule has 2 aromatic carbocycles. The summed E-state index contributed by atoms with van der Waals surface area (Å²) in [6.07, 6.45) is 0.832. The molecule has 0 amide bonds. The van der Waals surface area contributed by atoms with Crippen LogP contribution >= 0.6 is 0 Å². The Balaban J connectivity index is 2.22. The fraction of sp³-hybridized carbons (Fsp3) is 0.400. The van der Waals surface area contributed by atoms with Crippen LogP contribution in [0.2, 0.25) is 19.6 Å². The first-order chi connectivity index (χ1) is 12.0. The van der Waals surface area contributed by atoms with E-state index in [0.717, 1.165) is 17.5 Å². The monoisotopic (exact) mass is 392 g/mol. The van der Waals surface area contributed by atoms with E-state index in [1.54, 1.807) is 36.4 Å². The lowest BCUT2D eigenvalue weighted by Gasteiger charge is -2.36. The highest BCUT2D eigenvalue weighted by molar-refractivity contribution is 7.87. The van der Waals surface area contributed by atoms with Crippen LogP contribution < -0.4 is 4.18 Å². The van der Waals surface area contributed by atoms with Gasteiger partial charge in [0.15, 0.2) is 8.32 Å². The van der Waals surface area contributed by atoms with Crippen molar-refractivity contribution in [3.05, 3.63) is 59.7 Å². The van der Waals surface area contributed by atoms with Crippen LogP contribution in [0.1, 0.15) is 31.4 Å². The average molecular weight is 393 g/mol. The van der Waals surface area contributed by atoms with E-state index < -0.39 is 24.0 Å². The smallest absolute Gasteiger partial charge is 0.339 e. The minimum Gasteiger partial charge on any atom is -0.408 e.